The molecule has 27 heavy (non-hydrogen) atoms. The van der Waals surface area contributed by atoms with Crippen LogP contribution >= 0.6 is 7.49 Å². The molecule has 0 unspecified atom stereocenters. The summed E-state index contributed by atoms with van der Waals surface area (Å²) in [4.78, 5) is 0. The molecule has 3 nitrogen and oxygen atoms in total. The molecule has 2 aromatic rings. The van der Waals surface area contributed by atoms with Crippen LogP contribution in [0, 0.1) is 0 Å². The minimum Gasteiger partial charge on any atom is -0.186 e. The summed E-state index contributed by atoms with van der Waals surface area (Å²) in [5.41, 5.74) is -4.44. The van der Waals surface area contributed by atoms with Crippen LogP contribution in [-0.4, -0.2) is 20.1 Å². The van der Waals surface area contributed by atoms with Crippen LogP contribution < -0.4 is 0 Å². The summed E-state index contributed by atoms with van der Waals surface area (Å²) in [5.74, 6) is 0. The van der Waals surface area contributed by atoms with Crippen molar-refractivity contribution in [1.29, 1.82) is 0 Å². The Balaban J connectivity index is 2.13. The van der Waals surface area contributed by atoms with Gasteiger partial charge in [0.15, 0.2) is 7.49 Å². The van der Waals surface area contributed by atoms with Crippen molar-refractivity contribution >= 4 is 17.6 Å². The molecule has 146 valence electrons. The Hall–Kier alpha value is -1.43. The van der Waals surface area contributed by atoms with E-state index in [1.807, 2.05) is 60.7 Å². The second-order valence-corrected chi connectivity index (χ2v) is 12.1. The van der Waals surface area contributed by atoms with Gasteiger partial charge in [0.25, 0.3) is 0 Å². The second-order valence-electron chi connectivity index (χ2n) is 6.58. The summed E-state index contributed by atoms with van der Waals surface area (Å²) in [7, 11) is -8.70. The molecule has 0 aliphatic carbocycles. The summed E-state index contributed by atoms with van der Waals surface area (Å²) < 4.78 is 68.7. The summed E-state index contributed by atoms with van der Waals surface area (Å²) in [6.45, 7) is 1.73. The van der Waals surface area contributed by atoms with Gasteiger partial charge in [-0.05, 0) is 30.9 Å². The molecule has 2 aromatic carbocycles. The first-order valence-corrected chi connectivity index (χ1v) is 12.1. The van der Waals surface area contributed by atoms with Gasteiger partial charge < -0.3 is 0 Å². The fraction of sp³-hybridized carbons (Fsp3) is 0.368. The lowest BCUT2D eigenvalue weighted by Crippen LogP contribution is -2.27. The van der Waals surface area contributed by atoms with Crippen LogP contribution in [0.5, 0.6) is 0 Å². The van der Waals surface area contributed by atoms with Crippen molar-refractivity contribution in [2.75, 3.05) is 6.16 Å². The Labute approximate surface area is 158 Å². The summed E-state index contributed by atoms with van der Waals surface area (Å²) in [6.07, 6.45) is 1.44. The third-order valence-corrected chi connectivity index (χ3v) is 11.8. The van der Waals surface area contributed by atoms with Crippen molar-refractivity contribution in [3.8, 4) is 0 Å². The van der Waals surface area contributed by atoms with Gasteiger partial charge in [0, 0.05) is 0 Å². The molecule has 1 aliphatic heterocycles. The van der Waals surface area contributed by atoms with Gasteiger partial charge in [-0.2, -0.15) is 21.6 Å². The van der Waals surface area contributed by atoms with Crippen molar-refractivity contribution in [1.82, 2.24) is 0 Å². The average Bonchev–Trinajstić information content (AvgIpc) is 3.01. The molecule has 0 aromatic heterocycles. The van der Waals surface area contributed by atoms with Crippen molar-refractivity contribution in [3.63, 3.8) is 0 Å². The van der Waals surface area contributed by atoms with E-state index in [-0.39, 0.29) is 17.5 Å². The molecule has 0 radical (unpaired) electrons. The van der Waals surface area contributed by atoms with Crippen molar-refractivity contribution < 1.29 is 25.6 Å². The van der Waals surface area contributed by atoms with E-state index >= 15 is 0 Å². The van der Waals surface area contributed by atoms with Gasteiger partial charge in [-0.15, -0.1) is 3.97 Å². The SMILES string of the molecule is CC[P+]1(OS(=O)(=O)C(F)(F)F)[C@H](c2ccccc2)CC[C@H]1c1ccccc1. The maximum absolute atomic E-state index is 13.2. The standard InChI is InChI=1S/C19H21F3O3PS/c1-2-26(25-27(23,24)19(20,21)22)17(15-9-5-3-6-10-15)13-14-18(26)16-11-7-4-8-12-16/h3-12,17-18H,2,13-14H2,1H3/q+1/t17-,18-/m0/s1. The van der Waals surface area contributed by atoms with Crippen LogP contribution in [0.1, 0.15) is 42.2 Å². The number of alkyl halides is 3. The van der Waals surface area contributed by atoms with Gasteiger partial charge in [-0.1, -0.05) is 60.7 Å². The molecular formula is C19H21F3O3PS+. The van der Waals surface area contributed by atoms with E-state index in [0.717, 1.165) is 11.1 Å². The summed E-state index contributed by atoms with van der Waals surface area (Å²) in [5, 5.41) is 0. The molecule has 1 heterocycles. The molecule has 0 saturated carbocycles. The number of rotatable bonds is 5. The first-order chi connectivity index (χ1) is 12.7. The van der Waals surface area contributed by atoms with Gasteiger partial charge in [-0.25, -0.2) is 0 Å². The Kier molecular flexibility index (Phi) is 5.67. The highest BCUT2D eigenvalue weighted by Crippen LogP contribution is 2.85. The molecule has 1 fully saturated rings. The molecule has 0 spiro atoms. The lowest BCUT2D eigenvalue weighted by molar-refractivity contribution is -0.0498. The largest absolute Gasteiger partial charge is 0.526 e. The van der Waals surface area contributed by atoms with E-state index in [4.69, 9.17) is 3.97 Å². The molecular weight excluding hydrogens is 396 g/mol. The van der Waals surface area contributed by atoms with Gasteiger partial charge in [0.2, 0.25) is 0 Å². The molecule has 0 bridgehead atoms. The second kappa shape index (κ2) is 7.53. The molecule has 3 rings (SSSR count). The predicted molar refractivity (Wildman–Crippen MR) is 101 cm³/mol. The van der Waals surface area contributed by atoms with Crippen LogP contribution in [-0.2, 0) is 14.1 Å². The van der Waals surface area contributed by atoms with E-state index in [2.05, 4.69) is 0 Å². The first-order valence-electron chi connectivity index (χ1n) is 8.71. The summed E-state index contributed by atoms with van der Waals surface area (Å²) in [6, 6.07) is 18.3. The lowest BCUT2D eigenvalue weighted by atomic mass is 10.0. The molecule has 2 atom stereocenters. The van der Waals surface area contributed by atoms with E-state index < -0.39 is 23.1 Å². The highest BCUT2D eigenvalue weighted by atomic mass is 32.2. The van der Waals surface area contributed by atoms with Crippen LogP contribution in [0.25, 0.3) is 0 Å². The number of hydrogen-bond donors (Lipinski definition) is 0. The molecule has 0 amide bonds. The zero-order valence-electron chi connectivity index (χ0n) is 14.8. The monoisotopic (exact) mass is 417 g/mol. The van der Waals surface area contributed by atoms with Crippen LogP contribution in [0.2, 0.25) is 0 Å². The zero-order valence-corrected chi connectivity index (χ0v) is 16.5. The number of halogens is 3. The molecule has 1 aliphatic rings. The first kappa shape index (κ1) is 20.3. The van der Waals surface area contributed by atoms with Crippen LogP contribution in [0.15, 0.2) is 60.7 Å². The van der Waals surface area contributed by atoms with Crippen molar-refractivity contribution in [2.45, 2.75) is 36.6 Å². The minimum atomic E-state index is -5.68. The van der Waals surface area contributed by atoms with Gasteiger partial charge in [-0.3, -0.25) is 0 Å². The minimum absolute atomic E-state index is 0.251. The van der Waals surface area contributed by atoms with Crippen LogP contribution in [0.3, 0.4) is 0 Å². The van der Waals surface area contributed by atoms with E-state index in [9.17, 15) is 21.6 Å². The maximum Gasteiger partial charge on any atom is 0.526 e. The highest BCUT2D eigenvalue weighted by molar-refractivity contribution is 7.94. The Morgan fingerprint density at radius 3 is 1.67 bits per heavy atom. The Morgan fingerprint density at radius 1 is 0.926 bits per heavy atom. The number of hydrogen-bond acceptors (Lipinski definition) is 3. The van der Waals surface area contributed by atoms with Crippen LogP contribution in [0.4, 0.5) is 13.2 Å². The maximum atomic E-state index is 13.2. The fourth-order valence-corrected chi connectivity index (χ4v) is 10.9. The molecule has 0 N–H and O–H groups in total. The third-order valence-electron chi connectivity index (χ3n) is 5.15. The highest BCUT2D eigenvalue weighted by Gasteiger charge is 2.65. The van der Waals surface area contributed by atoms with Gasteiger partial charge in [0.1, 0.15) is 11.3 Å². The number of benzene rings is 2. The zero-order chi connectivity index (χ0) is 19.7. The lowest BCUT2D eigenvalue weighted by Gasteiger charge is -2.31. The summed E-state index contributed by atoms with van der Waals surface area (Å²) >= 11 is 0. The molecule has 1 saturated heterocycles. The third kappa shape index (κ3) is 3.78. The Morgan fingerprint density at radius 2 is 1.33 bits per heavy atom. The smallest absolute Gasteiger partial charge is 0.186 e. The van der Waals surface area contributed by atoms with Gasteiger partial charge >= 0.3 is 15.6 Å². The normalized spacial score (nSPS) is 22.7. The van der Waals surface area contributed by atoms with Crippen molar-refractivity contribution in [2.24, 2.45) is 0 Å². The molecule has 8 heteroatoms. The quantitative estimate of drug-likeness (QED) is 0.437. The van der Waals surface area contributed by atoms with E-state index in [1.165, 1.54) is 0 Å². The van der Waals surface area contributed by atoms with E-state index in [0.29, 0.717) is 12.8 Å². The fourth-order valence-electron chi connectivity index (χ4n) is 3.98. The topological polar surface area (TPSA) is 43.4 Å². The Bertz CT molecular complexity index is 823. The average molecular weight is 417 g/mol. The van der Waals surface area contributed by atoms with E-state index in [1.54, 1.807) is 6.92 Å². The van der Waals surface area contributed by atoms with Gasteiger partial charge in [0.05, 0.1) is 6.16 Å². The predicted octanol–water partition coefficient (Wildman–Crippen LogP) is 6.08. The van der Waals surface area contributed by atoms with Crippen molar-refractivity contribution in [3.05, 3.63) is 71.8 Å².